The van der Waals surface area contributed by atoms with Gasteiger partial charge >= 0.3 is 0 Å². The molecule has 11 heteroatoms. The molecule has 2 aliphatic rings. The number of piperidine rings is 1. The van der Waals surface area contributed by atoms with E-state index in [-0.39, 0.29) is 18.6 Å². The van der Waals surface area contributed by atoms with Crippen LogP contribution in [0.4, 0.5) is 5.13 Å². The molecule has 0 N–H and O–H groups in total. The van der Waals surface area contributed by atoms with Crippen LogP contribution >= 0.6 is 22.7 Å². The summed E-state index contributed by atoms with van der Waals surface area (Å²) in [6, 6.07) is 9.03. The maximum atomic E-state index is 13.8. The highest BCUT2D eigenvalue weighted by molar-refractivity contribution is 7.91. The summed E-state index contributed by atoms with van der Waals surface area (Å²) in [7, 11) is -1.98. The second kappa shape index (κ2) is 9.90. The number of thiophene rings is 1. The molecule has 8 nitrogen and oxygen atoms in total. The van der Waals surface area contributed by atoms with Crippen LogP contribution in [0.1, 0.15) is 25.7 Å². The molecule has 0 spiro atoms. The molecule has 2 aromatic heterocycles. The highest BCUT2D eigenvalue weighted by atomic mass is 32.2. The number of carbonyl (C=O) groups excluding carboxylic acids is 1. The number of carbonyl (C=O) groups is 1. The minimum absolute atomic E-state index is 0.0416. The number of thiazole rings is 1. The van der Waals surface area contributed by atoms with Gasteiger partial charge in [0, 0.05) is 25.8 Å². The molecule has 4 heterocycles. The summed E-state index contributed by atoms with van der Waals surface area (Å²) >= 11 is 2.66. The third kappa shape index (κ3) is 4.72. The van der Waals surface area contributed by atoms with E-state index in [4.69, 9.17) is 14.5 Å². The summed E-state index contributed by atoms with van der Waals surface area (Å²) in [5, 5.41) is 2.37. The first-order valence-electron chi connectivity index (χ1n) is 11.4. The predicted molar refractivity (Wildman–Crippen MR) is 133 cm³/mol. The second-order valence-electron chi connectivity index (χ2n) is 8.55. The lowest BCUT2D eigenvalue weighted by Crippen LogP contribution is -2.48. The lowest BCUT2D eigenvalue weighted by Gasteiger charge is -2.34. The predicted octanol–water partition coefficient (Wildman–Crippen LogP) is 3.98. The number of anilines is 1. The number of hydrogen-bond acceptors (Lipinski definition) is 8. The minimum Gasteiger partial charge on any atom is -0.497 e. The molecule has 2 fully saturated rings. The minimum atomic E-state index is -3.60. The van der Waals surface area contributed by atoms with Crippen LogP contribution in [0.3, 0.4) is 0 Å². The molecule has 0 bridgehead atoms. The van der Waals surface area contributed by atoms with Crippen molar-refractivity contribution >= 4 is 54.0 Å². The van der Waals surface area contributed by atoms with Crippen molar-refractivity contribution in [1.29, 1.82) is 0 Å². The van der Waals surface area contributed by atoms with E-state index in [1.165, 1.54) is 27.0 Å². The van der Waals surface area contributed by atoms with Gasteiger partial charge in [0.05, 0.1) is 35.9 Å². The van der Waals surface area contributed by atoms with Crippen LogP contribution in [0.5, 0.6) is 5.75 Å². The van der Waals surface area contributed by atoms with Gasteiger partial charge in [-0.2, -0.15) is 4.31 Å². The van der Waals surface area contributed by atoms with Crippen LogP contribution < -0.4 is 9.64 Å². The number of aromatic nitrogens is 1. The van der Waals surface area contributed by atoms with Crippen molar-refractivity contribution in [3.8, 4) is 5.75 Å². The Balaban J connectivity index is 1.42. The Hall–Kier alpha value is -2.05. The Morgan fingerprint density at radius 1 is 1.29 bits per heavy atom. The van der Waals surface area contributed by atoms with Gasteiger partial charge in [-0.25, -0.2) is 13.4 Å². The number of fused-ring (bicyclic) bond motifs is 1. The van der Waals surface area contributed by atoms with Crippen LogP contribution in [-0.4, -0.2) is 63.1 Å². The monoisotopic (exact) mass is 521 g/mol. The molecule has 1 aromatic carbocycles. The van der Waals surface area contributed by atoms with Crippen molar-refractivity contribution in [3.63, 3.8) is 0 Å². The maximum absolute atomic E-state index is 13.8. The van der Waals surface area contributed by atoms with Crippen LogP contribution in [0.15, 0.2) is 39.9 Å². The SMILES string of the molecule is COc1ccc2sc(N(CC3CCCO3)C(=O)C3CCCN(S(=O)(=O)c4cccs4)C3)nc2c1. The number of ether oxygens (including phenoxy) is 2. The number of nitrogens with zero attached hydrogens (tertiary/aromatic N) is 3. The number of hydrogen-bond donors (Lipinski definition) is 0. The fraction of sp³-hybridized carbons (Fsp3) is 0.478. The van der Waals surface area contributed by atoms with Crippen LogP contribution in [-0.2, 0) is 19.6 Å². The molecule has 182 valence electrons. The van der Waals surface area contributed by atoms with E-state index < -0.39 is 15.9 Å². The van der Waals surface area contributed by atoms with E-state index in [1.807, 2.05) is 18.2 Å². The van der Waals surface area contributed by atoms with Gasteiger partial charge in [-0.05, 0) is 49.3 Å². The first-order chi connectivity index (χ1) is 16.5. The van der Waals surface area contributed by atoms with Gasteiger partial charge in [0.1, 0.15) is 9.96 Å². The van der Waals surface area contributed by atoms with Crippen LogP contribution in [0.25, 0.3) is 10.2 Å². The summed E-state index contributed by atoms with van der Waals surface area (Å²) in [5.74, 6) is 0.196. The fourth-order valence-electron chi connectivity index (χ4n) is 4.51. The molecule has 0 aliphatic carbocycles. The summed E-state index contributed by atoms with van der Waals surface area (Å²) in [4.78, 5) is 20.3. The van der Waals surface area contributed by atoms with E-state index in [2.05, 4.69) is 0 Å². The number of amides is 1. The van der Waals surface area contributed by atoms with Gasteiger partial charge < -0.3 is 9.47 Å². The van der Waals surface area contributed by atoms with Gasteiger partial charge in [-0.1, -0.05) is 17.4 Å². The maximum Gasteiger partial charge on any atom is 0.252 e. The normalized spacial score (nSPS) is 21.7. The van der Waals surface area contributed by atoms with E-state index >= 15 is 0 Å². The van der Waals surface area contributed by atoms with Gasteiger partial charge in [-0.15, -0.1) is 11.3 Å². The lowest BCUT2D eigenvalue weighted by molar-refractivity contribution is -0.123. The Morgan fingerprint density at radius 2 is 2.18 bits per heavy atom. The van der Waals surface area contributed by atoms with Crippen molar-refractivity contribution in [3.05, 3.63) is 35.7 Å². The van der Waals surface area contributed by atoms with E-state index in [9.17, 15) is 13.2 Å². The summed E-state index contributed by atoms with van der Waals surface area (Å²) in [6.07, 6.45) is 3.12. The smallest absolute Gasteiger partial charge is 0.252 e. The molecule has 34 heavy (non-hydrogen) atoms. The number of rotatable bonds is 7. The fourth-order valence-corrected chi connectivity index (χ4v) is 8.14. The van der Waals surface area contributed by atoms with Crippen molar-refractivity contribution < 1.29 is 22.7 Å². The Kier molecular flexibility index (Phi) is 6.90. The van der Waals surface area contributed by atoms with Crippen molar-refractivity contribution in [2.24, 2.45) is 5.92 Å². The average Bonchev–Trinajstić information content (AvgIpc) is 3.63. The van der Waals surface area contributed by atoms with Gasteiger partial charge in [0.25, 0.3) is 10.0 Å². The van der Waals surface area contributed by atoms with Crippen LogP contribution in [0.2, 0.25) is 0 Å². The van der Waals surface area contributed by atoms with E-state index in [0.717, 1.165) is 23.1 Å². The number of methoxy groups -OCH3 is 1. The van der Waals surface area contributed by atoms with Crippen molar-refractivity contribution in [2.75, 3.05) is 38.3 Å². The largest absolute Gasteiger partial charge is 0.497 e. The quantitative estimate of drug-likeness (QED) is 0.467. The second-order valence-corrected chi connectivity index (χ2v) is 12.7. The zero-order chi connectivity index (χ0) is 23.7. The highest BCUT2D eigenvalue weighted by Crippen LogP contribution is 2.34. The average molecular weight is 522 g/mol. The molecule has 5 rings (SSSR count). The first-order valence-corrected chi connectivity index (χ1v) is 14.5. The zero-order valence-electron chi connectivity index (χ0n) is 18.9. The molecule has 2 saturated heterocycles. The third-order valence-corrected chi connectivity index (χ3v) is 10.6. The summed E-state index contributed by atoms with van der Waals surface area (Å²) < 4.78 is 40.1. The molecule has 3 aromatic rings. The summed E-state index contributed by atoms with van der Waals surface area (Å²) in [5.41, 5.74) is 0.773. The molecule has 0 saturated carbocycles. The molecule has 0 radical (unpaired) electrons. The van der Waals surface area contributed by atoms with E-state index in [0.29, 0.717) is 47.6 Å². The van der Waals surface area contributed by atoms with Crippen molar-refractivity contribution in [2.45, 2.75) is 36.0 Å². The molecular formula is C23H27N3O5S3. The number of benzene rings is 1. The highest BCUT2D eigenvalue weighted by Gasteiger charge is 2.37. The molecule has 1 amide bonds. The Labute approximate surface area is 207 Å². The lowest BCUT2D eigenvalue weighted by atomic mass is 9.98. The van der Waals surface area contributed by atoms with Gasteiger partial charge in [-0.3, -0.25) is 9.69 Å². The molecular weight excluding hydrogens is 494 g/mol. The molecule has 2 unspecified atom stereocenters. The topological polar surface area (TPSA) is 89.0 Å². The first kappa shape index (κ1) is 23.7. The molecule has 2 atom stereocenters. The third-order valence-electron chi connectivity index (χ3n) is 6.31. The summed E-state index contributed by atoms with van der Waals surface area (Å²) in [6.45, 7) is 1.72. The number of sulfonamides is 1. The van der Waals surface area contributed by atoms with Gasteiger partial charge in [0.2, 0.25) is 5.91 Å². The molecule has 2 aliphatic heterocycles. The zero-order valence-corrected chi connectivity index (χ0v) is 21.3. The Morgan fingerprint density at radius 3 is 2.91 bits per heavy atom. The van der Waals surface area contributed by atoms with Crippen molar-refractivity contribution in [1.82, 2.24) is 9.29 Å². The van der Waals surface area contributed by atoms with Crippen LogP contribution in [0, 0.1) is 5.92 Å². The van der Waals surface area contributed by atoms with E-state index in [1.54, 1.807) is 29.5 Å². The Bertz CT molecular complexity index is 1250. The standard InChI is InChI=1S/C23H27N3O5S3/c1-30-17-8-9-20-19(13-17)24-23(33-20)26(15-18-6-3-11-31-18)22(27)16-5-2-10-25(14-16)34(28,29)21-7-4-12-32-21/h4,7-9,12-13,16,18H,2-3,5-6,10-11,14-15H2,1H3. The van der Waals surface area contributed by atoms with Gasteiger partial charge in [0.15, 0.2) is 5.13 Å².